The molecule has 2 rings (SSSR count). The van der Waals surface area contributed by atoms with Crippen molar-refractivity contribution in [1.82, 2.24) is 5.32 Å². The third-order valence-corrected chi connectivity index (χ3v) is 3.05. The van der Waals surface area contributed by atoms with Crippen LogP contribution in [-0.4, -0.2) is 25.3 Å². The van der Waals surface area contributed by atoms with Gasteiger partial charge in [-0.15, -0.1) is 0 Å². The van der Waals surface area contributed by atoms with E-state index < -0.39 is 12.0 Å². The van der Waals surface area contributed by atoms with Crippen LogP contribution in [0.25, 0.3) is 0 Å². The number of rotatable bonds is 7. The number of hydrogen-bond donors (Lipinski definition) is 2. The summed E-state index contributed by atoms with van der Waals surface area (Å²) in [7, 11) is 3.04. The van der Waals surface area contributed by atoms with Gasteiger partial charge < -0.3 is 19.0 Å². The van der Waals surface area contributed by atoms with Gasteiger partial charge in [0.2, 0.25) is 0 Å². The van der Waals surface area contributed by atoms with Gasteiger partial charge in [0.25, 0.3) is 0 Å². The molecule has 0 spiro atoms. The number of nitrogens with one attached hydrogen (secondary N) is 1. The van der Waals surface area contributed by atoms with E-state index in [0.29, 0.717) is 29.4 Å². The number of furan rings is 1. The van der Waals surface area contributed by atoms with Gasteiger partial charge in [-0.25, -0.2) is 0 Å². The molecule has 0 saturated carbocycles. The Balaban J connectivity index is 2.19. The summed E-state index contributed by atoms with van der Waals surface area (Å²) < 4.78 is 15.5. The molecule has 6 heteroatoms. The number of carboxylic acid groups (broad SMARTS) is 1. The predicted molar refractivity (Wildman–Crippen MR) is 75.5 cm³/mol. The molecule has 0 radical (unpaired) electrons. The van der Waals surface area contributed by atoms with Crippen molar-refractivity contribution in [1.29, 1.82) is 0 Å². The summed E-state index contributed by atoms with van der Waals surface area (Å²) in [6, 6.07) is 7.68. The van der Waals surface area contributed by atoms with Crippen molar-refractivity contribution in [2.75, 3.05) is 14.2 Å². The lowest BCUT2D eigenvalue weighted by atomic mass is 10.1. The van der Waals surface area contributed by atoms with Crippen LogP contribution in [0.3, 0.4) is 0 Å². The Kier molecular flexibility index (Phi) is 4.84. The molecule has 0 saturated heterocycles. The summed E-state index contributed by atoms with van der Waals surface area (Å²) in [5.74, 6) is 0.730. The Bertz CT molecular complexity index is 594. The van der Waals surface area contributed by atoms with Crippen LogP contribution in [0, 0.1) is 0 Å². The fourth-order valence-corrected chi connectivity index (χ4v) is 2.00. The Labute approximate surface area is 122 Å². The van der Waals surface area contributed by atoms with E-state index in [2.05, 4.69) is 5.32 Å². The highest BCUT2D eigenvalue weighted by molar-refractivity contribution is 5.76. The Morgan fingerprint density at radius 2 is 2.05 bits per heavy atom. The molecule has 112 valence electrons. The van der Waals surface area contributed by atoms with Crippen molar-refractivity contribution in [3.05, 3.63) is 47.9 Å². The zero-order chi connectivity index (χ0) is 15.2. The summed E-state index contributed by atoms with van der Waals surface area (Å²) >= 11 is 0. The monoisotopic (exact) mass is 291 g/mol. The maximum absolute atomic E-state index is 11.4. The standard InChI is InChI=1S/C15H17NO5/c1-19-12-6-5-10(8-13(12)20-2)14(15(17)18)16-9-11-4-3-7-21-11/h3-8,14,16H,9H2,1-2H3,(H,17,18). The van der Waals surface area contributed by atoms with Crippen molar-refractivity contribution in [2.45, 2.75) is 12.6 Å². The quantitative estimate of drug-likeness (QED) is 0.814. The average Bonchev–Trinajstić information content (AvgIpc) is 3.00. The van der Waals surface area contributed by atoms with E-state index in [1.54, 1.807) is 36.6 Å². The smallest absolute Gasteiger partial charge is 0.325 e. The summed E-state index contributed by atoms with van der Waals surface area (Å²) in [5.41, 5.74) is 0.576. The SMILES string of the molecule is COc1ccc(C(NCc2ccco2)C(=O)O)cc1OC. The summed E-state index contributed by atoms with van der Waals surface area (Å²) in [6.45, 7) is 0.318. The fourth-order valence-electron chi connectivity index (χ4n) is 2.00. The first-order chi connectivity index (χ1) is 10.2. The van der Waals surface area contributed by atoms with Crippen molar-refractivity contribution < 1.29 is 23.8 Å². The minimum atomic E-state index is -0.978. The van der Waals surface area contributed by atoms with Crippen LogP contribution in [0.15, 0.2) is 41.0 Å². The van der Waals surface area contributed by atoms with Crippen LogP contribution in [0.2, 0.25) is 0 Å². The lowest BCUT2D eigenvalue weighted by Crippen LogP contribution is -2.28. The number of ether oxygens (including phenoxy) is 2. The van der Waals surface area contributed by atoms with Crippen molar-refractivity contribution >= 4 is 5.97 Å². The van der Waals surface area contributed by atoms with Crippen LogP contribution in [0.4, 0.5) is 0 Å². The molecule has 1 aromatic carbocycles. The molecular formula is C15H17NO5. The van der Waals surface area contributed by atoms with Gasteiger partial charge in [-0.1, -0.05) is 6.07 Å². The predicted octanol–water partition coefficient (Wildman–Crippen LogP) is 2.21. The summed E-state index contributed by atoms with van der Waals surface area (Å²) in [4.78, 5) is 11.4. The molecule has 2 N–H and O–H groups in total. The first kappa shape index (κ1) is 14.9. The van der Waals surface area contributed by atoms with E-state index >= 15 is 0 Å². The zero-order valence-electron chi connectivity index (χ0n) is 11.8. The maximum Gasteiger partial charge on any atom is 0.325 e. The highest BCUT2D eigenvalue weighted by atomic mass is 16.5. The number of methoxy groups -OCH3 is 2. The fraction of sp³-hybridized carbons (Fsp3) is 0.267. The first-order valence-electron chi connectivity index (χ1n) is 6.36. The third kappa shape index (κ3) is 3.55. The molecule has 1 aromatic heterocycles. The van der Waals surface area contributed by atoms with Gasteiger partial charge in [0.1, 0.15) is 11.8 Å². The Morgan fingerprint density at radius 1 is 1.29 bits per heavy atom. The van der Waals surface area contributed by atoms with Crippen LogP contribution in [0.5, 0.6) is 11.5 Å². The minimum absolute atomic E-state index is 0.318. The van der Waals surface area contributed by atoms with Gasteiger partial charge in [0.05, 0.1) is 27.0 Å². The highest BCUT2D eigenvalue weighted by Crippen LogP contribution is 2.30. The zero-order valence-corrected chi connectivity index (χ0v) is 11.8. The van der Waals surface area contributed by atoms with Crippen LogP contribution >= 0.6 is 0 Å². The largest absolute Gasteiger partial charge is 0.493 e. The van der Waals surface area contributed by atoms with Gasteiger partial charge in [-0.2, -0.15) is 0 Å². The van der Waals surface area contributed by atoms with Crippen LogP contribution in [-0.2, 0) is 11.3 Å². The second kappa shape index (κ2) is 6.81. The number of carboxylic acids is 1. The van der Waals surface area contributed by atoms with E-state index in [4.69, 9.17) is 13.9 Å². The van der Waals surface area contributed by atoms with E-state index in [1.807, 2.05) is 0 Å². The number of hydrogen-bond acceptors (Lipinski definition) is 5. The van der Waals surface area contributed by atoms with Gasteiger partial charge in [-0.3, -0.25) is 10.1 Å². The molecule has 6 nitrogen and oxygen atoms in total. The number of carbonyl (C=O) groups is 1. The molecule has 0 aliphatic heterocycles. The van der Waals surface area contributed by atoms with Crippen molar-refractivity contribution in [3.8, 4) is 11.5 Å². The molecule has 0 amide bonds. The molecule has 0 aliphatic rings. The molecule has 0 bridgehead atoms. The highest BCUT2D eigenvalue weighted by Gasteiger charge is 2.21. The molecule has 2 aromatic rings. The molecule has 0 fully saturated rings. The Hall–Kier alpha value is -2.47. The topological polar surface area (TPSA) is 80.9 Å². The van der Waals surface area contributed by atoms with E-state index in [-0.39, 0.29) is 0 Å². The minimum Gasteiger partial charge on any atom is -0.493 e. The van der Waals surface area contributed by atoms with Crippen LogP contribution in [0.1, 0.15) is 17.4 Å². The normalized spacial score (nSPS) is 11.9. The van der Waals surface area contributed by atoms with E-state index in [0.717, 1.165) is 0 Å². The third-order valence-electron chi connectivity index (χ3n) is 3.05. The van der Waals surface area contributed by atoms with Crippen molar-refractivity contribution in [2.24, 2.45) is 0 Å². The first-order valence-corrected chi connectivity index (χ1v) is 6.36. The molecule has 1 unspecified atom stereocenters. The summed E-state index contributed by atoms with van der Waals surface area (Å²) in [5, 5.41) is 12.3. The molecule has 1 heterocycles. The summed E-state index contributed by atoms with van der Waals surface area (Å²) in [6.07, 6.45) is 1.54. The van der Waals surface area contributed by atoms with E-state index in [9.17, 15) is 9.90 Å². The molecule has 0 aliphatic carbocycles. The van der Waals surface area contributed by atoms with Gasteiger partial charge in [-0.05, 0) is 29.8 Å². The van der Waals surface area contributed by atoms with Crippen LogP contribution < -0.4 is 14.8 Å². The lowest BCUT2D eigenvalue weighted by Gasteiger charge is -2.16. The van der Waals surface area contributed by atoms with Gasteiger partial charge >= 0.3 is 5.97 Å². The van der Waals surface area contributed by atoms with Gasteiger partial charge in [0, 0.05) is 0 Å². The molecule has 1 atom stereocenters. The Morgan fingerprint density at radius 3 is 2.62 bits per heavy atom. The molecule has 21 heavy (non-hydrogen) atoms. The molecular weight excluding hydrogens is 274 g/mol. The second-order valence-electron chi connectivity index (χ2n) is 4.35. The second-order valence-corrected chi connectivity index (χ2v) is 4.35. The number of aliphatic carboxylic acids is 1. The van der Waals surface area contributed by atoms with E-state index in [1.165, 1.54) is 14.2 Å². The average molecular weight is 291 g/mol. The number of benzene rings is 1. The van der Waals surface area contributed by atoms with Crippen molar-refractivity contribution in [3.63, 3.8) is 0 Å². The lowest BCUT2D eigenvalue weighted by molar-refractivity contribution is -0.139. The van der Waals surface area contributed by atoms with Gasteiger partial charge in [0.15, 0.2) is 11.5 Å². The maximum atomic E-state index is 11.4.